The van der Waals surface area contributed by atoms with E-state index in [0.29, 0.717) is 0 Å². The fraction of sp³-hybridized carbons (Fsp3) is 0.704. The second-order valence-corrected chi connectivity index (χ2v) is 17.3. The predicted octanol–water partition coefficient (Wildman–Crippen LogP) is 18.1. The molecule has 2 rings (SSSR count). The Bertz CT molecular complexity index is 1350. The van der Waals surface area contributed by atoms with Gasteiger partial charge in [0, 0.05) is 0 Å². The minimum absolute atomic E-state index is 0.889. The highest BCUT2D eigenvalue weighted by atomic mass is 14.8. The van der Waals surface area contributed by atoms with E-state index >= 15 is 0 Å². The first kappa shape index (κ1) is 49.5. The minimum atomic E-state index is 0.889. The van der Waals surface area contributed by atoms with Gasteiger partial charge in [0.05, 0.1) is 5.57 Å². The van der Waals surface area contributed by atoms with E-state index in [-0.39, 0.29) is 0 Å². The Morgan fingerprint density at radius 1 is 0.464 bits per heavy atom. The van der Waals surface area contributed by atoms with E-state index < -0.39 is 0 Å². The Kier molecular flexibility index (Phi) is 31.4. The van der Waals surface area contributed by atoms with Gasteiger partial charge in [0.25, 0.3) is 0 Å². The summed E-state index contributed by atoms with van der Waals surface area (Å²) in [5, 5.41) is 0. The van der Waals surface area contributed by atoms with E-state index in [4.69, 9.17) is 0 Å². The summed E-state index contributed by atoms with van der Waals surface area (Å²) in [4.78, 5) is 3.48. The molecule has 0 spiro atoms. The van der Waals surface area contributed by atoms with E-state index in [1.807, 2.05) is 0 Å². The molecule has 2 heteroatoms. The SMILES string of the molecule is CCCCCCCCCCCCCCCCCCCCCCCCCCCCCC(C(=C=[N+]=[N-])CCCC)=C(c1cccc(C)c1)c1cccc(CCCC)c1. The van der Waals surface area contributed by atoms with Crippen molar-refractivity contribution in [1.82, 2.24) is 0 Å². The highest BCUT2D eigenvalue weighted by molar-refractivity contribution is 5.87. The standard InChI is InChI=1S/C54H88N2/c1-5-8-11-12-13-14-15-16-17-18-19-20-21-22-23-24-25-26-27-28-29-30-31-32-33-34-35-44-53(52(47-56-55)41-10-7-3)54(50-42-36-38-48(4)45-50)51-43-37-40-49(46-51)39-9-6-2/h36-38,40,42-43,45-46H,5-35,39,41,44H2,1-4H3. The van der Waals surface area contributed by atoms with Gasteiger partial charge < -0.3 is 5.53 Å². The molecule has 0 fully saturated rings. The fourth-order valence-corrected chi connectivity index (χ4v) is 8.49. The van der Waals surface area contributed by atoms with Crippen LogP contribution in [-0.4, -0.2) is 10.7 Å². The van der Waals surface area contributed by atoms with Crippen LogP contribution in [0.4, 0.5) is 0 Å². The third kappa shape index (κ3) is 24.2. The van der Waals surface area contributed by atoms with Crippen molar-refractivity contribution in [3.05, 3.63) is 87.5 Å². The second kappa shape index (κ2) is 35.5. The van der Waals surface area contributed by atoms with Crippen molar-refractivity contribution in [2.75, 3.05) is 0 Å². The molecule has 0 aliphatic carbocycles. The third-order valence-electron chi connectivity index (χ3n) is 12.0. The molecule has 0 radical (unpaired) electrons. The molecule has 0 amide bonds. The first-order valence-corrected chi connectivity index (χ1v) is 24.5. The average molecular weight is 765 g/mol. The number of nitrogens with zero attached hydrogens (tertiary/aromatic N) is 2. The molecule has 0 unspecified atom stereocenters. The number of unbranched alkanes of at least 4 members (excludes halogenated alkanes) is 28. The molecule has 2 aromatic carbocycles. The summed E-state index contributed by atoms with van der Waals surface area (Å²) in [6, 6.07) is 18.1. The molecule has 0 aliphatic heterocycles. The van der Waals surface area contributed by atoms with Crippen molar-refractivity contribution < 1.29 is 4.79 Å². The minimum Gasteiger partial charge on any atom is -0.348 e. The Morgan fingerprint density at radius 2 is 0.875 bits per heavy atom. The van der Waals surface area contributed by atoms with Gasteiger partial charge in [-0.1, -0.05) is 255 Å². The van der Waals surface area contributed by atoms with Crippen LogP contribution in [0.2, 0.25) is 0 Å². The lowest BCUT2D eigenvalue weighted by Gasteiger charge is -2.18. The molecule has 0 aliphatic rings. The van der Waals surface area contributed by atoms with E-state index in [1.165, 1.54) is 213 Å². The third-order valence-corrected chi connectivity index (χ3v) is 12.0. The zero-order valence-electron chi connectivity index (χ0n) is 37.6. The van der Waals surface area contributed by atoms with Gasteiger partial charge in [0.15, 0.2) is 0 Å². The molecule has 2 aromatic rings. The van der Waals surface area contributed by atoms with Gasteiger partial charge in [0.1, 0.15) is 0 Å². The fourth-order valence-electron chi connectivity index (χ4n) is 8.49. The van der Waals surface area contributed by atoms with E-state index in [2.05, 4.69) is 86.9 Å². The van der Waals surface area contributed by atoms with Gasteiger partial charge in [-0.15, -0.1) is 4.79 Å². The topological polar surface area (TPSA) is 36.4 Å². The van der Waals surface area contributed by atoms with Crippen molar-refractivity contribution in [1.29, 1.82) is 0 Å². The molecule has 314 valence electrons. The normalized spacial score (nSPS) is 11.7. The van der Waals surface area contributed by atoms with Crippen LogP contribution in [0.1, 0.15) is 255 Å². The molecule has 56 heavy (non-hydrogen) atoms. The Hall–Kier alpha value is -2.66. The van der Waals surface area contributed by atoms with Gasteiger partial charge in [-0.05, 0) is 73.3 Å². The highest BCUT2D eigenvalue weighted by Gasteiger charge is 2.18. The number of rotatable bonds is 37. The van der Waals surface area contributed by atoms with Crippen LogP contribution in [0.5, 0.6) is 0 Å². The number of allylic oxidation sites excluding steroid dienone is 2. The zero-order chi connectivity index (χ0) is 40.2. The lowest BCUT2D eigenvalue weighted by atomic mass is 9.84. The van der Waals surface area contributed by atoms with Crippen molar-refractivity contribution in [3.8, 4) is 0 Å². The van der Waals surface area contributed by atoms with Gasteiger partial charge in [0.2, 0.25) is 0 Å². The second-order valence-electron chi connectivity index (χ2n) is 17.3. The Balaban J connectivity index is 1.67. The molecule has 0 saturated carbocycles. The number of aryl methyl sites for hydroxylation is 2. The van der Waals surface area contributed by atoms with Crippen molar-refractivity contribution in [3.63, 3.8) is 0 Å². The van der Waals surface area contributed by atoms with E-state index in [9.17, 15) is 5.53 Å². The quantitative estimate of drug-likeness (QED) is 0.0216. The number of benzene rings is 2. The first-order valence-electron chi connectivity index (χ1n) is 24.5. The van der Waals surface area contributed by atoms with Crippen LogP contribution >= 0.6 is 0 Å². The van der Waals surface area contributed by atoms with Gasteiger partial charge in [-0.25, -0.2) is 0 Å². The molecule has 2 nitrogen and oxygen atoms in total. The number of hydrogen-bond acceptors (Lipinski definition) is 0. The Morgan fingerprint density at radius 3 is 1.30 bits per heavy atom. The molecular formula is C54H88N2. The summed E-state index contributed by atoms with van der Waals surface area (Å²) >= 11 is 0. The van der Waals surface area contributed by atoms with Crippen LogP contribution in [0.15, 0.2) is 59.7 Å². The maximum absolute atomic E-state index is 9.74. The lowest BCUT2D eigenvalue weighted by Crippen LogP contribution is -2.02. The smallest absolute Gasteiger partial charge is 0.303 e. The molecule has 0 bridgehead atoms. The van der Waals surface area contributed by atoms with Crippen LogP contribution in [0, 0.1) is 6.92 Å². The molecule has 0 aromatic heterocycles. The van der Waals surface area contributed by atoms with E-state index in [0.717, 1.165) is 44.1 Å². The zero-order valence-corrected chi connectivity index (χ0v) is 37.6. The summed E-state index contributed by atoms with van der Waals surface area (Å²) in [6.45, 7) is 8.99. The molecule has 0 N–H and O–H groups in total. The van der Waals surface area contributed by atoms with Crippen LogP contribution in [0.25, 0.3) is 11.1 Å². The van der Waals surface area contributed by atoms with Gasteiger partial charge in [-0.2, -0.15) is 0 Å². The maximum atomic E-state index is 9.74. The summed E-state index contributed by atoms with van der Waals surface area (Å²) in [5.41, 5.74) is 18.6. The van der Waals surface area contributed by atoms with Crippen LogP contribution < -0.4 is 0 Å². The first-order chi connectivity index (χ1) is 27.6. The van der Waals surface area contributed by atoms with Crippen molar-refractivity contribution in [2.45, 2.75) is 246 Å². The van der Waals surface area contributed by atoms with Crippen molar-refractivity contribution >= 4 is 11.4 Å². The maximum Gasteiger partial charge on any atom is 0.303 e. The molecule has 0 saturated heterocycles. The molecule has 0 heterocycles. The van der Waals surface area contributed by atoms with Crippen LogP contribution in [0.3, 0.4) is 0 Å². The molecular weight excluding hydrogens is 677 g/mol. The van der Waals surface area contributed by atoms with Gasteiger partial charge >= 0.3 is 5.87 Å². The van der Waals surface area contributed by atoms with Gasteiger partial charge in [-0.3, -0.25) is 0 Å². The summed E-state index contributed by atoms with van der Waals surface area (Å²) in [7, 11) is 0. The highest BCUT2D eigenvalue weighted by Crippen LogP contribution is 2.35. The number of hydrogen-bond donors (Lipinski definition) is 0. The average Bonchev–Trinajstić information content (AvgIpc) is 3.21. The largest absolute Gasteiger partial charge is 0.348 e. The molecule has 0 atom stereocenters. The predicted molar refractivity (Wildman–Crippen MR) is 249 cm³/mol. The Labute approximate surface area is 348 Å². The van der Waals surface area contributed by atoms with Crippen LogP contribution in [-0.2, 0) is 6.42 Å². The summed E-state index contributed by atoms with van der Waals surface area (Å²) in [6.07, 6.45) is 45.9. The summed E-state index contributed by atoms with van der Waals surface area (Å²) in [5.74, 6) is 3.06. The summed E-state index contributed by atoms with van der Waals surface area (Å²) < 4.78 is 0. The lowest BCUT2D eigenvalue weighted by molar-refractivity contribution is 0.00739. The van der Waals surface area contributed by atoms with E-state index in [1.54, 1.807) is 0 Å². The van der Waals surface area contributed by atoms with Crippen molar-refractivity contribution in [2.24, 2.45) is 0 Å². The monoisotopic (exact) mass is 765 g/mol.